The van der Waals surface area contributed by atoms with Gasteiger partial charge in [-0.3, -0.25) is 9.80 Å². The van der Waals surface area contributed by atoms with Gasteiger partial charge in [0, 0.05) is 30.7 Å². The molecule has 2 heterocycles. The molecule has 14 heavy (non-hydrogen) atoms. The molecule has 2 heteroatoms. The smallest absolute Gasteiger partial charge is 0.0227 e. The summed E-state index contributed by atoms with van der Waals surface area (Å²) in [6, 6.07) is 1.69. The normalized spacial score (nSPS) is 35.1. The maximum atomic E-state index is 2.71. The summed E-state index contributed by atoms with van der Waals surface area (Å²) in [6.45, 7) is 13.1. The molecule has 2 saturated heterocycles. The quantitative estimate of drug-likeness (QED) is 0.632. The van der Waals surface area contributed by atoms with E-state index in [4.69, 9.17) is 0 Å². The predicted molar refractivity (Wildman–Crippen MR) is 60.5 cm³/mol. The average Bonchev–Trinajstić information content (AvgIpc) is 2.32. The molecular formula is C12H24N2. The van der Waals surface area contributed by atoms with Crippen molar-refractivity contribution in [1.29, 1.82) is 0 Å². The zero-order valence-corrected chi connectivity index (χ0v) is 10.1. The molecule has 0 spiro atoms. The van der Waals surface area contributed by atoms with E-state index in [1.807, 2.05) is 0 Å². The number of likely N-dealkylation sites (tertiary alicyclic amines) is 1. The van der Waals surface area contributed by atoms with Crippen molar-refractivity contribution in [2.75, 3.05) is 19.6 Å². The Morgan fingerprint density at radius 2 is 1.57 bits per heavy atom. The lowest BCUT2D eigenvalue weighted by Gasteiger charge is -2.46. The summed E-state index contributed by atoms with van der Waals surface area (Å²) in [5.74, 6) is 0. The third kappa shape index (κ3) is 1.70. The molecule has 2 aliphatic rings. The van der Waals surface area contributed by atoms with Gasteiger partial charge < -0.3 is 0 Å². The summed E-state index contributed by atoms with van der Waals surface area (Å²) >= 11 is 0. The molecule has 2 atom stereocenters. The van der Waals surface area contributed by atoms with Crippen LogP contribution in [0.3, 0.4) is 0 Å². The fraction of sp³-hybridized carbons (Fsp3) is 1.00. The largest absolute Gasteiger partial charge is 0.295 e. The van der Waals surface area contributed by atoms with Gasteiger partial charge in [-0.2, -0.15) is 0 Å². The number of rotatable bonds is 1. The van der Waals surface area contributed by atoms with Crippen molar-refractivity contribution in [3.05, 3.63) is 0 Å². The Balaban J connectivity index is 2.06. The number of hydrogen-bond acceptors (Lipinski definition) is 2. The molecule has 2 nitrogen and oxygen atoms in total. The maximum absolute atomic E-state index is 2.71. The van der Waals surface area contributed by atoms with Crippen LogP contribution in [-0.2, 0) is 0 Å². The molecule has 0 unspecified atom stereocenters. The van der Waals surface area contributed by atoms with Gasteiger partial charge in [0.15, 0.2) is 0 Å². The highest BCUT2D eigenvalue weighted by Crippen LogP contribution is 2.32. The van der Waals surface area contributed by atoms with Crippen LogP contribution in [0.5, 0.6) is 0 Å². The Hall–Kier alpha value is -0.0800. The number of hydrogen-bond donors (Lipinski definition) is 0. The van der Waals surface area contributed by atoms with E-state index in [1.165, 1.54) is 32.5 Å². The zero-order chi connectivity index (χ0) is 10.3. The van der Waals surface area contributed by atoms with Crippen LogP contribution in [-0.4, -0.2) is 47.1 Å². The van der Waals surface area contributed by atoms with Crippen molar-refractivity contribution in [1.82, 2.24) is 9.80 Å². The molecule has 0 aromatic carbocycles. The molecule has 2 fully saturated rings. The van der Waals surface area contributed by atoms with Gasteiger partial charge in [-0.05, 0) is 40.2 Å². The zero-order valence-electron chi connectivity index (χ0n) is 10.1. The SMILES string of the molecule is CCN1[C@@H]2CC[C@H]1CN(C(C)(C)C)C2. The number of piperazine rings is 1. The van der Waals surface area contributed by atoms with Crippen molar-refractivity contribution < 1.29 is 0 Å². The molecule has 2 aliphatic heterocycles. The Morgan fingerprint density at radius 1 is 1.07 bits per heavy atom. The van der Waals surface area contributed by atoms with E-state index in [0.717, 1.165) is 12.1 Å². The summed E-state index contributed by atoms with van der Waals surface area (Å²) in [5.41, 5.74) is 0.362. The van der Waals surface area contributed by atoms with Gasteiger partial charge in [0.25, 0.3) is 0 Å². The summed E-state index contributed by atoms with van der Waals surface area (Å²) in [7, 11) is 0. The van der Waals surface area contributed by atoms with Crippen LogP contribution in [0.25, 0.3) is 0 Å². The second kappa shape index (κ2) is 3.49. The molecule has 0 saturated carbocycles. The van der Waals surface area contributed by atoms with E-state index in [0.29, 0.717) is 5.54 Å². The number of likely N-dealkylation sites (N-methyl/N-ethyl adjacent to an activating group) is 1. The fourth-order valence-electron chi connectivity index (χ4n) is 3.05. The monoisotopic (exact) mass is 196 g/mol. The Kier molecular flexibility index (Phi) is 2.61. The van der Waals surface area contributed by atoms with Gasteiger partial charge in [0.05, 0.1) is 0 Å². The molecule has 0 N–H and O–H groups in total. The summed E-state index contributed by atoms with van der Waals surface area (Å²) < 4.78 is 0. The molecule has 0 aliphatic carbocycles. The minimum absolute atomic E-state index is 0.362. The second-order valence-electron chi connectivity index (χ2n) is 5.79. The first-order valence-corrected chi connectivity index (χ1v) is 6.03. The van der Waals surface area contributed by atoms with Crippen LogP contribution in [0.1, 0.15) is 40.5 Å². The highest BCUT2D eigenvalue weighted by Gasteiger charge is 2.41. The Labute approximate surface area is 88.3 Å². The third-order valence-corrected chi connectivity index (χ3v) is 3.95. The number of fused-ring (bicyclic) bond motifs is 2. The van der Waals surface area contributed by atoms with Crippen molar-refractivity contribution in [2.24, 2.45) is 0 Å². The average molecular weight is 196 g/mol. The van der Waals surface area contributed by atoms with E-state index in [2.05, 4.69) is 37.5 Å². The van der Waals surface area contributed by atoms with Gasteiger partial charge in [-0.25, -0.2) is 0 Å². The molecular weight excluding hydrogens is 172 g/mol. The van der Waals surface area contributed by atoms with Gasteiger partial charge in [-0.1, -0.05) is 6.92 Å². The highest BCUT2D eigenvalue weighted by molar-refractivity contribution is 4.98. The van der Waals surface area contributed by atoms with E-state index in [1.54, 1.807) is 0 Å². The third-order valence-electron chi connectivity index (χ3n) is 3.95. The van der Waals surface area contributed by atoms with Crippen molar-refractivity contribution in [3.63, 3.8) is 0 Å². The van der Waals surface area contributed by atoms with Gasteiger partial charge in [0.2, 0.25) is 0 Å². The van der Waals surface area contributed by atoms with Crippen LogP contribution in [0, 0.1) is 0 Å². The lowest BCUT2D eigenvalue weighted by atomic mass is 10.0. The Morgan fingerprint density at radius 3 is 1.93 bits per heavy atom. The van der Waals surface area contributed by atoms with Gasteiger partial charge in [-0.15, -0.1) is 0 Å². The fourth-order valence-corrected chi connectivity index (χ4v) is 3.05. The topological polar surface area (TPSA) is 6.48 Å². The molecule has 0 aromatic rings. The Bertz CT molecular complexity index is 193. The van der Waals surface area contributed by atoms with Crippen molar-refractivity contribution in [2.45, 2.75) is 58.2 Å². The first kappa shape index (κ1) is 10.4. The van der Waals surface area contributed by atoms with E-state index >= 15 is 0 Å². The van der Waals surface area contributed by atoms with Crippen LogP contribution in [0.2, 0.25) is 0 Å². The minimum Gasteiger partial charge on any atom is -0.295 e. The highest BCUT2D eigenvalue weighted by atomic mass is 15.3. The molecule has 2 rings (SSSR count). The molecule has 0 amide bonds. The molecule has 82 valence electrons. The van der Waals surface area contributed by atoms with Crippen LogP contribution in [0.4, 0.5) is 0 Å². The molecule has 0 aromatic heterocycles. The van der Waals surface area contributed by atoms with E-state index in [9.17, 15) is 0 Å². The van der Waals surface area contributed by atoms with Gasteiger partial charge >= 0.3 is 0 Å². The first-order chi connectivity index (χ1) is 6.52. The minimum atomic E-state index is 0.362. The van der Waals surface area contributed by atoms with Crippen LogP contribution in [0.15, 0.2) is 0 Å². The first-order valence-electron chi connectivity index (χ1n) is 6.03. The lowest BCUT2D eigenvalue weighted by Crippen LogP contribution is -2.58. The van der Waals surface area contributed by atoms with Crippen LogP contribution >= 0.6 is 0 Å². The number of nitrogens with zero attached hydrogens (tertiary/aromatic N) is 2. The lowest BCUT2D eigenvalue weighted by molar-refractivity contribution is 0.0186. The summed E-state index contributed by atoms with van der Waals surface area (Å²) in [6.07, 6.45) is 2.84. The van der Waals surface area contributed by atoms with Crippen molar-refractivity contribution in [3.8, 4) is 0 Å². The van der Waals surface area contributed by atoms with E-state index in [-0.39, 0.29) is 0 Å². The summed E-state index contributed by atoms with van der Waals surface area (Å²) in [4.78, 5) is 5.38. The standard InChI is InChI=1S/C12H24N2/c1-5-14-10-6-7-11(14)9-13(8-10)12(2,3)4/h10-11H,5-9H2,1-4H3/t10-,11+. The second-order valence-corrected chi connectivity index (χ2v) is 5.79. The summed E-state index contributed by atoms with van der Waals surface area (Å²) in [5, 5.41) is 0. The predicted octanol–water partition coefficient (Wildman–Crippen LogP) is 1.95. The molecule has 0 radical (unpaired) electrons. The van der Waals surface area contributed by atoms with Gasteiger partial charge in [0.1, 0.15) is 0 Å². The maximum Gasteiger partial charge on any atom is 0.0227 e. The van der Waals surface area contributed by atoms with Crippen molar-refractivity contribution >= 4 is 0 Å². The van der Waals surface area contributed by atoms with Crippen LogP contribution < -0.4 is 0 Å². The molecule has 2 bridgehead atoms. The van der Waals surface area contributed by atoms with E-state index < -0.39 is 0 Å².